The number of aromatic nitrogens is 1. The predicted octanol–water partition coefficient (Wildman–Crippen LogP) is 2.57. The van der Waals surface area contributed by atoms with Crippen molar-refractivity contribution in [3.05, 3.63) is 47.1 Å². The minimum absolute atomic E-state index is 0.402. The monoisotopic (exact) mass is 279 g/mol. The van der Waals surface area contributed by atoms with Crippen molar-refractivity contribution in [2.45, 2.75) is 9.92 Å². The van der Waals surface area contributed by atoms with E-state index in [9.17, 15) is 4.79 Å². The van der Waals surface area contributed by atoms with Crippen molar-refractivity contribution in [1.82, 2.24) is 4.98 Å². The van der Waals surface area contributed by atoms with Crippen molar-refractivity contribution in [2.75, 3.05) is 5.73 Å². The van der Waals surface area contributed by atoms with E-state index in [1.807, 2.05) is 0 Å². The van der Waals surface area contributed by atoms with E-state index >= 15 is 0 Å². The molecule has 1 heterocycles. The minimum atomic E-state index is -0.496. The van der Waals surface area contributed by atoms with Gasteiger partial charge in [0.15, 0.2) is 0 Å². The molecule has 92 valence electrons. The summed E-state index contributed by atoms with van der Waals surface area (Å²) in [5, 5.41) is 1.17. The molecule has 1 aromatic heterocycles. The number of nitrogens with zero attached hydrogens (tertiary/aromatic N) is 1. The van der Waals surface area contributed by atoms with Crippen LogP contribution in [0.4, 0.5) is 5.69 Å². The van der Waals surface area contributed by atoms with Gasteiger partial charge in [-0.15, -0.1) is 0 Å². The molecule has 2 rings (SSSR count). The number of hydrogen-bond acceptors (Lipinski definition) is 4. The molecule has 1 aromatic carbocycles. The van der Waals surface area contributed by atoms with Crippen LogP contribution >= 0.6 is 23.4 Å². The van der Waals surface area contributed by atoms with Crippen LogP contribution in [0.2, 0.25) is 5.02 Å². The van der Waals surface area contributed by atoms with E-state index in [2.05, 4.69) is 4.98 Å². The van der Waals surface area contributed by atoms with E-state index in [4.69, 9.17) is 23.1 Å². The molecule has 0 saturated heterocycles. The lowest BCUT2D eigenvalue weighted by molar-refractivity contribution is 0.1000. The van der Waals surface area contributed by atoms with Crippen LogP contribution in [-0.2, 0) is 0 Å². The predicted molar refractivity (Wildman–Crippen MR) is 72.7 cm³/mol. The van der Waals surface area contributed by atoms with Crippen molar-refractivity contribution >= 4 is 35.0 Å². The summed E-state index contributed by atoms with van der Waals surface area (Å²) < 4.78 is 0. The second-order valence-electron chi connectivity index (χ2n) is 3.51. The maximum absolute atomic E-state index is 11.1. The van der Waals surface area contributed by atoms with Crippen LogP contribution in [0.1, 0.15) is 10.4 Å². The second kappa shape index (κ2) is 5.29. The summed E-state index contributed by atoms with van der Waals surface area (Å²) >= 11 is 7.31. The summed E-state index contributed by atoms with van der Waals surface area (Å²) in [4.78, 5) is 16.0. The molecule has 0 saturated carbocycles. The maximum atomic E-state index is 11.1. The Morgan fingerprint density at radius 2 is 2.11 bits per heavy atom. The number of carbonyl (C=O) groups excluding carboxylic acids is 1. The highest BCUT2D eigenvalue weighted by atomic mass is 35.5. The van der Waals surface area contributed by atoms with Gasteiger partial charge in [0, 0.05) is 22.3 Å². The molecule has 0 bridgehead atoms. The summed E-state index contributed by atoms with van der Waals surface area (Å²) in [6, 6.07) is 8.34. The topological polar surface area (TPSA) is 82.0 Å². The van der Waals surface area contributed by atoms with E-state index < -0.39 is 5.91 Å². The van der Waals surface area contributed by atoms with Gasteiger partial charge in [-0.2, -0.15) is 0 Å². The highest BCUT2D eigenvalue weighted by molar-refractivity contribution is 7.99. The molecule has 0 unspecified atom stereocenters. The number of nitrogens with two attached hydrogens (primary N) is 2. The van der Waals surface area contributed by atoms with Gasteiger partial charge in [0.2, 0.25) is 5.91 Å². The zero-order chi connectivity index (χ0) is 13.1. The lowest BCUT2D eigenvalue weighted by Crippen LogP contribution is -2.11. The minimum Gasteiger partial charge on any atom is -0.398 e. The molecule has 0 atom stereocenters. The fraction of sp³-hybridized carbons (Fsp3) is 0. The molecule has 0 aliphatic heterocycles. The van der Waals surface area contributed by atoms with Gasteiger partial charge in [0.1, 0.15) is 5.03 Å². The lowest BCUT2D eigenvalue weighted by atomic mass is 10.2. The van der Waals surface area contributed by atoms with Crippen LogP contribution in [0, 0.1) is 0 Å². The average molecular weight is 280 g/mol. The summed E-state index contributed by atoms with van der Waals surface area (Å²) in [6.07, 6.45) is 1.64. The summed E-state index contributed by atoms with van der Waals surface area (Å²) in [5.41, 5.74) is 12.0. The second-order valence-corrected chi connectivity index (χ2v) is 4.95. The van der Waals surface area contributed by atoms with Crippen LogP contribution in [0.15, 0.2) is 46.5 Å². The zero-order valence-electron chi connectivity index (χ0n) is 9.26. The number of benzene rings is 1. The van der Waals surface area contributed by atoms with Gasteiger partial charge in [0.05, 0.1) is 5.02 Å². The van der Waals surface area contributed by atoms with Gasteiger partial charge >= 0.3 is 0 Å². The van der Waals surface area contributed by atoms with Gasteiger partial charge in [-0.05, 0) is 30.3 Å². The van der Waals surface area contributed by atoms with Crippen molar-refractivity contribution in [3.63, 3.8) is 0 Å². The highest BCUT2D eigenvalue weighted by Gasteiger charge is 2.09. The number of anilines is 1. The SMILES string of the molecule is NC(=O)c1ccc(N)c(Sc2ncccc2Cl)c1. The standard InChI is InChI=1S/C12H10ClN3OS/c13-8-2-1-5-16-12(8)18-10-6-7(11(15)17)3-4-9(10)14/h1-6H,14H2,(H2,15,17). The van der Waals surface area contributed by atoms with Crippen LogP contribution in [-0.4, -0.2) is 10.9 Å². The third-order valence-electron chi connectivity index (χ3n) is 2.23. The smallest absolute Gasteiger partial charge is 0.248 e. The first-order chi connectivity index (χ1) is 8.58. The highest BCUT2D eigenvalue weighted by Crippen LogP contribution is 2.35. The molecule has 18 heavy (non-hydrogen) atoms. The lowest BCUT2D eigenvalue weighted by Gasteiger charge is -2.07. The summed E-state index contributed by atoms with van der Waals surface area (Å²) in [7, 11) is 0. The Morgan fingerprint density at radius 1 is 1.33 bits per heavy atom. The summed E-state index contributed by atoms with van der Waals surface area (Å²) in [5.74, 6) is -0.496. The Labute approximate surface area is 113 Å². The van der Waals surface area contributed by atoms with E-state index in [0.29, 0.717) is 26.2 Å². The molecule has 0 fully saturated rings. The van der Waals surface area contributed by atoms with Gasteiger partial charge in [-0.3, -0.25) is 4.79 Å². The maximum Gasteiger partial charge on any atom is 0.248 e. The number of pyridine rings is 1. The fourth-order valence-electron chi connectivity index (χ4n) is 1.33. The van der Waals surface area contributed by atoms with E-state index in [0.717, 1.165) is 0 Å². The van der Waals surface area contributed by atoms with Gasteiger partial charge in [0.25, 0.3) is 0 Å². The van der Waals surface area contributed by atoms with Crippen molar-refractivity contribution < 1.29 is 4.79 Å². The molecule has 0 aliphatic rings. The van der Waals surface area contributed by atoms with Crippen LogP contribution in [0.3, 0.4) is 0 Å². The normalized spacial score (nSPS) is 10.3. The molecule has 0 radical (unpaired) electrons. The van der Waals surface area contributed by atoms with Crippen LogP contribution in [0.25, 0.3) is 0 Å². The molecule has 6 heteroatoms. The van der Waals surface area contributed by atoms with E-state index in [1.165, 1.54) is 11.8 Å². The van der Waals surface area contributed by atoms with Crippen LogP contribution < -0.4 is 11.5 Å². The largest absolute Gasteiger partial charge is 0.398 e. The number of halogens is 1. The van der Waals surface area contributed by atoms with Gasteiger partial charge in [-0.1, -0.05) is 23.4 Å². The molecule has 0 aliphatic carbocycles. The Balaban J connectivity index is 2.37. The molecule has 4 nitrogen and oxygen atoms in total. The van der Waals surface area contributed by atoms with E-state index in [-0.39, 0.29) is 0 Å². The first kappa shape index (κ1) is 12.7. The summed E-state index contributed by atoms with van der Waals surface area (Å²) in [6.45, 7) is 0. The van der Waals surface area contributed by atoms with E-state index in [1.54, 1.807) is 36.5 Å². The number of rotatable bonds is 3. The van der Waals surface area contributed by atoms with Gasteiger partial charge < -0.3 is 11.5 Å². The Bertz CT molecular complexity index is 604. The number of nitrogen functional groups attached to an aromatic ring is 1. The van der Waals surface area contributed by atoms with Crippen LogP contribution in [0.5, 0.6) is 0 Å². The first-order valence-electron chi connectivity index (χ1n) is 5.05. The molecular weight excluding hydrogens is 270 g/mol. The van der Waals surface area contributed by atoms with Crippen molar-refractivity contribution in [3.8, 4) is 0 Å². The number of primary amides is 1. The molecule has 4 N–H and O–H groups in total. The third kappa shape index (κ3) is 2.75. The first-order valence-corrected chi connectivity index (χ1v) is 6.25. The Morgan fingerprint density at radius 3 is 2.78 bits per heavy atom. The Hall–Kier alpha value is -1.72. The molecule has 0 spiro atoms. The quantitative estimate of drug-likeness (QED) is 0.846. The number of carbonyl (C=O) groups is 1. The molecule has 2 aromatic rings. The molecular formula is C12H10ClN3OS. The average Bonchev–Trinajstić information content (AvgIpc) is 2.34. The number of amides is 1. The van der Waals surface area contributed by atoms with Crippen molar-refractivity contribution in [2.24, 2.45) is 5.73 Å². The fourth-order valence-corrected chi connectivity index (χ4v) is 2.42. The van der Waals surface area contributed by atoms with Crippen molar-refractivity contribution in [1.29, 1.82) is 0 Å². The molecule has 1 amide bonds. The Kier molecular flexibility index (Phi) is 3.74. The zero-order valence-corrected chi connectivity index (χ0v) is 10.8. The van der Waals surface area contributed by atoms with Gasteiger partial charge in [-0.25, -0.2) is 4.98 Å². The third-order valence-corrected chi connectivity index (χ3v) is 3.74. The number of hydrogen-bond donors (Lipinski definition) is 2.